The molecular formula is C22H22N4O2. The largest absolute Gasteiger partial charge is 0.460 e. The number of aliphatic hydroxyl groups excluding tert-OH is 1. The smallest absolute Gasteiger partial charge is 0.226 e. The lowest BCUT2D eigenvalue weighted by Crippen LogP contribution is -2.43. The predicted octanol–water partition coefficient (Wildman–Crippen LogP) is 2.53. The molecule has 0 saturated carbocycles. The highest BCUT2D eigenvalue weighted by Crippen LogP contribution is 2.35. The van der Waals surface area contributed by atoms with Crippen molar-refractivity contribution in [3.8, 4) is 11.4 Å². The molecule has 28 heavy (non-hydrogen) atoms. The van der Waals surface area contributed by atoms with E-state index in [0.29, 0.717) is 17.0 Å². The summed E-state index contributed by atoms with van der Waals surface area (Å²) < 4.78 is 7.64. The van der Waals surface area contributed by atoms with E-state index in [9.17, 15) is 5.11 Å². The topological polar surface area (TPSA) is 62.6 Å². The zero-order valence-electron chi connectivity index (χ0n) is 15.5. The van der Waals surface area contributed by atoms with Gasteiger partial charge in [0.15, 0.2) is 0 Å². The summed E-state index contributed by atoms with van der Waals surface area (Å²) in [6.45, 7) is 3.90. The van der Waals surface area contributed by atoms with Crippen LogP contribution in [0.15, 0.2) is 60.8 Å². The quantitative estimate of drug-likeness (QED) is 0.738. The zero-order chi connectivity index (χ0) is 18.9. The number of aliphatic hydroxyl groups is 1. The van der Waals surface area contributed by atoms with E-state index < -0.39 is 6.29 Å². The number of nitrogens with one attached hydrogen (secondary N) is 1. The summed E-state index contributed by atoms with van der Waals surface area (Å²) in [5.41, 5.74) is 4.41. The Morgan fingerprint density at radius 3 is 2.64 bits per heavy atom. The average Bonchev–Trinajstić information content (AvgIpc) is 3.24. The molecule has 2 N–H and O–H groups in total. The van der Waals surface area contributed by atoms with Crippen LogP contribution in [0.3, 0.4) is 0 Å². The van der Waals surface area contributed by atoms with E-state index in [1.807, 2.05) is 60.8 Å². The van der Waals surface area contributed by atoms with Gasteiger partial charge in [0, 0.05) is 55.3 Å². The fourth-order valence-electron chi connectivity index (χ4n) is 3.69. The third-order valence-corrected chi connectivity index (χ3v) is 5.20. The highest BCUT2D eigenvalue weighted by atomic mass is 16.6. The molecular weight excluding hydrogens is 352 g/mol. The molecule has 0 amide bonds. The van der Waals surface area contributed by atoms with E-state index in [4.69, 9.17) is 4.74 Å². The van der Waals surface area contributed by atoms with Crippen LogP contribution in [0.1, 0.15) is 11.3 Å². The molecule has 1 saturated heterocycles. The number of hydrogen-bond donors (Lipinski definition) is 2. The Bertz CT molecular complexity index is 1010. The molecule has 0 bridgehead atoms. The molecule has 1 fully saturated rings. The van der Waals surface area contributed by atoms with Crippen molar-refractivity contribution in [3.05, 3.63) is 72.1 Å². The molecule has 1 unspecified atom stereocenters. The van der Waals surface area contributed by atoms with E-state index in [1.54, 1.807) is 4.68 Å². The first-order valence-electron chi connectivity index (χ1n) is 9.55. The third kappa shape index (κ3) is 3.17. The van der Waals surface area contributed by atoms with Gasteiger partial charge in [0.2, 0.25) is 6.29 Å². The van der Waals surface area contributed by atoms with Crippen molar-refractivity contribution >= 4 is 17.3 Å². The summed E-state index contributed by atoms with van der Waals surface area (Å²) in [6, 6.07) is 18.0. The summed E-state index contributed by atoms with van der Waals surface area (Å²) in [4.78, 5) is 2.33. The lowest BCUT2D eigenvalue weighted by atomic mass is 10.0. The van der Waals surface area contributed by atoms with E-state index in [-0.39, 0.29) is 0 Å². The molecule has 6 heteroatoms. The highest BCUT2D eigenvalue weighted by Gasteiger charge is 2.24. The number of hydrogen-bond acceptors (Lipinski definition) is 5. The molecule has 142 valence electrons. The molecule has 0 spiro atoms. The summed E-state index contributed by atoms with van der Waals surface area (Å²) in [6.07, 6.45) is 2.81. The molecule has 5 rings (SSSR count). The fourth-order valence-corrected chi connectivity index (χ4v) is 3.69. The summed E-state index contributed by atoms with van der Waals surface area (Å²) in [5, 5.41) is 18.6. The van der Waals surface area contributed by atoms with Crippen molar-refractivity contribution in [3.63, 3.8) is 0 Å². The molecule has 3 aromatic rings. The van der Waals surface area contributed by atoms with Crippen LogP contribution < -0.4 is 15.0 Å². The van der Waals surface area contributed by atoms with Gasteiger partial charge in [-0.15, -0.1) is 0 Å². The van der Waals surface area contributed by atoms with Crippen molar-refractivity contribution in [2.45, 2.75) is 6.29 Å². The Morgan fingerprint density at radius 2 is 1.82 bits per heavy atom. The van der Waals surface area contributed by atoms with Gasteiger partial charge in [0.05, 0.1) is 11.4 Å². The molecule has 1 aromatic heterocycles. The van der Waals surface area contributed by atoms with Gasteiger partial charge in [-0.1, -0.05) is 18.2 Å². The van der Waals surface area contributed by atoms with E-state index in [2.05, 4.69) is 21.4 Å². The molecule has 0 aliphatic carbocycles. The molecule has 2 aromatic carbocycles. The summed E-state index contributed by atoms with van der Waals surface area (Å²) >= 11 is 0. The monoisotopic (exact) mass is 374 g/mol. The van der Waals surface area contributed by atoms with Crippen molar-refractivity contribution in [1.82, 2.24) is 15.1 Å². The number of nitrogens with zero attached hydrogens (tertiary/aromatic N) is 3. The van der Waals surface area contributed by atoms with Crippen LogP contribution in [0.25, 0.3) is 17.3 Å². The van der Waals surface area contributed by atoms with Crippen molar-refractivity contribution in [2.75, 3.05) is 31.1 Å². The van der Waals surface area contributed by atoms with Gasteiger partial charge in [0.1, 0.15) is 5.75 Å². The number of piperazine rings is 1. The lowest BCUT2D eigenvalue weighted by Gasteiger charge is -2.31. The molecule has 3 heterocycles. The maximum Gasteiger partial charge on any atom is 0.226 e. The summed E-state index contributed by atoms with van der Waals surface area (Å²) in [7, 11) is 0. The van der Waals surface area contributed by atoms with Crippen LogP contribution in [0.4, 0.5) is 5.69 Å². The second-order valence-electron chi connectivity index (χ2n) is 7.01. The standard InChI is InChI=1S/C22H22N4O2/c27-22-19(20-8-11-26(24-20)17-4-2-1-3-5-17)14-16-6-7-18(15-21(16)28-22)25-12-9-23-10-13-25/h1-8,11,14-15,22-23,27H,9-10,12-13H2. The lowest BCUT2D eigenvalue weighted by molar-refractivity contribution is 0.0317. The van der Waals surface area contributed by atoms with E-state index >= 15 is 0 Å². The second-order valence-corrected chi connectivity index (χ2v) is 7.01. The number of aromatic nitrogens is 2. The highest BCUT2D eigenvalue weighted by molar-refractivity contribution is 5.86. The minimum absolute atomic E-state index is 0.664. The molecule has 6 nitrogen and oxygen atoms in total. The minimum Gasteiger partial charge on any atom is -0.460 e. The van der Waals surface area contributed by atoms with Crippen LogP contribution in [0, 0.1) is 0 Å². The first kappa shape index (κ1) is 17.0. The molecule has 2 aliphatic rings. The Hall–Kier alpha value is -3.09. The van der Waals surface area contributed by atoms with E-state index in [1.165, 1.54) is 0 Å². The van der Waals surface area contributed by atoms with Crippen molar-refractivity contribution in [2.24, 2.45) is 0 Å². The van der Waals surface area contributed by atoms with Crippen molar-refractivity contribution in [1.29, 1.82) is 0 Å². The first-order chi connectivity index (χ1) is 13.8. The number of para-hydroxylation sites is 1. The minimum atomic E-state index is -1.04. The number of benzene rings is 2. The van der Waals surface area contributed by atoms with Gasteiger partial charge in [-0.3, -0.25) is 0 Å². The number of ether oxygens (including phenoxy) is 1. The Kier molecular flexibility index (Phi) is 4.35. The zero-order valence-corrected chi connectivity index (χ0v) is 15.5. The van der Waals surface area contributed by atoms with Crippen LogP contribution in [-0.4, -0.2) is 47.4 Å². The Morgan fingerprint density at radius 1 is 1.00 bits per heavy atom. The van der Waals surface area contributed by atoms with Crippen LogP contribution in [0.5, 0.6) is 5.75 Å². The normalized spacial score (nSPS) is 19.0. The Labute approximate surface area is 163 Å². The van der Waals surface area contributed by atoms with Gasteiger partial charge in [-0.2, -0.15) is 5.10 Å². The summed E-state index contributed by atoms with van der Waals surface area (Å²) in [5.74, 6) is 0.703. The number of anilines is 1. The predicted molar refractivity (Wildman–Crippen MR) is 110 cm³/mol. The maximum atomic E-state index is 10.6. The van der Waals surface area contributed by atoms with Crippen LogP contribution >= 0.6 is 0 Å². The van der Waals surface area contributed by atoms with Gasteiger partial charge in [0.25, 0.3) is 0 Å². The first-order valence-corrected chi connectivity index (χ1v) is 9.55. The van der Waals surface area contributed by atoms with Gasteiger partial charge in [-0.25, -0.2) is 4.68 Å². The molecule has 1 atom stereocenters. The Balaban J connectivity index is 1.44. The van der Waals surface area contributed by atoms with Gasteiger partial charge < -0.3 is 20.1 Å². The number of fused-ring (bicyclic) bond motifs is 1. The molecule has 2 aliphatic heterocycles. The number of rotatable bonds is 3. The van der Waals surface area contributed by atoms with Gasteiger partial charge in [-0.05, 0) is 36.4 Å². The fraction of sp³-hybridized carbons (Fsp3) is 0.227. The maximum absolute atomic E-state index is 10.6. The van der Waals surface area contributed by atoms with Crippen LogP contribution in [-0.2, 0) is 0 Å². The van der Waals surface area contributed by atoms with Crippen LogP contribution in [0.2, 0.25) is 0 Å². The van der Waals surface area contributed by atoms with E-state index in [0.717, 1.165) is 43.1 Å². The molecule has 0 radical (unpaired) electrons. The second kappa shape index (κ2) is 7.14. The van der Waals surface area contributed by atoms with Gasteiger partial charge >= 0.3 is 0 Å². The average molecular weight is 374 g/mol. The van der Waals surface area contributed by atoms with Crippen molar-refractivity contribution < 1.29 is 9.84 Å². The SMILES string of the molecule is OC1Oc2cc(N3CCNCC3)ccc2C=C1c1ccn(-c2ccccc2)n1. The third-order valence-electron chi connectivity index (χ3n) is 5.20.